The molecule has 0 aliphatic carbocycles. The predicted octanol–water partition coefficient (Wildman–Crippen LogP) is 1.53. The highest BCUT2D eigenvalue weighted by Crippen LogP contribution is 2.41. The molecular weight excluding hydrogens is 456 g/mol. The van der Waals surface area contributed by atoms with Crippen LogP contribution in [0, 0.1) is 0 Å². The van der Waals surface area contributed by atoms with Gasteiger partial charge in [0.15, 0.2) is 0 Å². The van der Waals surface area contributed by atoms with Crippen molar-refractivity contribution in [2.45, 2.75) is 26.7 Å². The summed E-state index contributed by atoms with van der Waals surface area (Å²) in [6.45, 7) is 5.50. The molecule has 0 fully saturated rings. The molecule has 1 aromatic carbocycles. The fourth-order valence-electron chi connectivity index (χ4n) is 3.12. The van der Waals surface area contributed by atoms with E-state index in [1.807, 2.05) is 0 Å². The van der Waals surface area contributed by atoms with E-state index in [9.17, 15) is 9.59 Å². The molecule has 1 aromatic rings. The summed E-state index contributed by atoms with van der Waals surface area (Å²) >= 11 is 6.42. The minimum atomic E-state index is -0.833. The number of carbonyl (C=O) groups excluding carboxylic acids is 2. The minimum Gasteiger partial charge on any atom is -0.481 e. The van der Waals surface area contributed by atoms with Crippen molar-refractivity contribution in [2.75, 3.05) is 33.5 Å². The van der Waals surface area contributed by atoms with E-state index < -0.39 is 23.8 Å². The van der Waals surface area contributed by atoms with Gasteiger partial charge in [-0.2, -0.15) is 0 Å². The number of hydrogen-bond acceptors (Lipinski definition) is 8. The van der Waals surface area contributed by atoms with Crippen molar-refractivity contribution in [3.05, 3.63) is 57.4 Å². The van der Waals surface area contributed by atoms with Gasteiger partial charge in [0, 0.05) is 24.2 Å². The Balaban J connectivity index is 0.00000189. The lowest BCUT2D eigenvalue weighted by Gasteiger charge is -2.31. The first-order valence-electron chi connectivity index (χ1n) is 9.87. The number of nitrogens with one attached hydrogen (secondary N) is 1. The number of aliphatic carboxylic acids is 1. The number of ether oxygens (including phenoxy) is 3. The normalized spacial score (nSPS) is 14.9. The molecular formula is C22H31ClN2O8. The Morgan fingerprint density at radius 1 is 1.18 bits per heavy atom. The standard InChI is InChI=1S/C20H25ClN2O5.C2H4O2.H2O/c1-4-28-20(25)18-15(11-27-10-9-22)23-12(2)16(19(24)26-3)17(18)13-7-5-6-8-14(13)21;1-2(3)4;/h5-8,17,23H,4,9-11,22H2,1-3H3;1H3,(H,3,4);1H2/t17-;;/m0../s1. The Morgan fingerprint density at radius 3 is 2.30 bits per heavy atom. The number of nitrogens with two attached hydrogens (primary N) is 1. The van der Waals surface area contributed by atoms with Gasteiger partial charge in [-0.05, 0) is 25.5 Å². The van der Waals surface area contributed by atoms with Crippen LogP contribution in [-0.4, -0.2) is 62.0 Å². The maximum Gasteiger partial charge on any atom is 0.336 e. The van der Waals surface area contributed by atoms with Crippen molar-refractivity contribution in [1.29, 1.82) is 0 Å². The van der Waals surface area contributed by atoms with Crippen molar-refractivity contribution in [3.63, 3.8) is 0 Å². The van der Waals surface area contributed by atoms with Crippen molar-refractivity contribution >= 4 is 29.5 Å². The number of carbonyl (C=O) groups is 3. The second-order valence-corrected chi connectivity index (χ2v) is 6.99. The molecule has 0 radical (unpaired) electrons. The molecule has 0 aromatic heterocycles. The van der Waals surface area contributed by atoms with Crippen LogP contribution in [0.4, 0.5) is 0 Å². The summed E-state index contributed by atoms with van der Waals surface area (Å²) in [4.78, 5) is 34.5. The fourth-order valence-corrected chi connectivity index (χ4v) is 3.36. The summed E-state index contributed by atoms with van der Waals surface area (Å²) < 4.78 is 15.8. The molecule has 0 unspecified atom stereocenters. The Bertz CT molecular complexity index is 894. The molecule has 184 valence electrons. The second-order valence-electron chi connectivity index (χ2n) is 6.58. The highest BCUT2D eigenvalue weighted by molar-refractivity contribution is 6.31. The maximum absolute atomic E-state index is 12.9. The van der Waals surface area contributed by atoms with Crippen LogP contribution in [0.15, 0.2) is 46.8 Å². The number of methoxy groups -OCH3 is 1. The third-order valence-corrected chi connectivity index (χ3v) is 4.61. The predicted molar refractivity (Wildman–Crippen MR) is 123 cm³/mol. The molecule has 0 saturated heterocycles. The Labute approximate surface area is 197 Å². The van der Waals surface area contributed by atoms with Crippen molar-refractivity contribution < 1.29 is 39.2 Å². The van der Waals surface area contributed by atoms with Crippen LogP contribution in [0.1, 0.15) is 32.3 Å². The van der Waals surface area contributed by atoms with Gasteiger partial charge in [0.25, 0.3) is 5.97 Å². The molecule has 1 aliphatic heterocycles. The Hall–Kier alpha value is -2.92. The summed E-state index contributed by atoms with van der Waals surface area (Å²) in [6, 6.07) is 7.05. The van der Waals surface area contributed by atoms with Gasteiger partial charge in [0.05, 0.1) is 49.7 Å². The quantitative estimate of drug-likeness (QED) is 0.364. The first-order valence-corrected chi connectivity index (χ1v) is 10.2. The van der Waals surface area contributed by atoms with Gasteiger partial charge in [0.2, 0.25) is 0 Å². The molecule has 0 bridgehead atoms. The van der Waals surface area contributed by atoms with E-state index >= 15 is 0 Å². The second kappa shape index (κ2) is 15.0. The van der Waals surface area contributed by atoms with E-state index in [0.717, 1.165) is 6.92 Å². The number of carboxylic acid groups (broad SMARTS) is 1. The summed E-state index contributed by atoms with van der Waals surface area (Å²) in [5.74, 6) is -2.70. The molecule has 0 saturated carbocycles. The van der Waals surface area contributed by atoms with Crippen LogP contribution in [0.5, 0.6) is 0 Å². The number of benzene rings is 1. The van der Waals surface area contributed by atoms with Gasteiger partial charge in [-0.1, -0.05) is 29.8 Å². The Kier molecular flexibility index (Phi) is 13.7. The minimum absolute atomic E-state index is 0. The molecule has 1 heterocycles. The van der Waals surface area contributed by atoms with Gasteiger partial charge < -0.3 is 35.8 Å². The third-order valence-electron chi connectivity index (χ3n) is 4.27. The van der Waals surface area contributed by atoms with E-state index in [4.69, 9.17) is 41.4 Å². The monoisotopic (exact) mass is 486 g/mol. The van der Waals surface area contributed by atoms with Gasteiger partial charge in [-0.25, -0.2) is 9.59 Å². The highest BCUT2D eigenvalue weighted by Gasteiger charge is 2.39. The summed E-state index contributed by atoms with van der Waals surface area (Å²) in [7, 11) is 1.29. The van der Waals surface area contributed by atoms with Gasteiger partial charge in [-0.15, -0.1) is 0 Å². The SMILES string of the molecule is CC(=O)O.CCOC(=O)C1=C(COCCN)NC(C)=C(C(=O)OC)[C@@H]1c1ccccc1Cl.O. The van der Waals surface area contributed by atoms with E-state index in [0.29, 0.717) is 40.7 Å². The molecule has 2 rings (SSSR count). The fraction of sp³-hybridized carbons (Fsp3) is 0.409. The number of carboxylic acids is 1. The third kappa shape index (κ3) is 8.50. The number of allylic oxidation sites excluding steroid dienone is 1. The molecule has 33 heavy (non-hydrogen) atoms. The molecule has 0 amide bonds. The summed E-state index contributed by atoms with van der Waals surface area (Å²) in [5, 5.41) is 10.9. The van der Waals surface area contributed by atoms with Gasteiger partial charge in [-0.3, -0.25) is 4.79 Å². The van der Waals surface area contributed by atoms with Gasteiger partial charge >= 0.3 is 11.9 Å². The van der Waals surface area contributed by atoms with Crippen molar-refractivity contribution in [1.82, 2.24) is 5.32 Å². The van der Waals surface area contributed by atoms with E-state index in [1.165, 1.54) is 7.11 Å². The summed E-state index contributed by atoms with van der Waals surface area (Å²) in [6.07, 6.45) is 0. The Morgan fingerprint density at radius 2 is 1.79 bits per heavy atom. The van der Waals surface area contributed by atoms with Crippen molar-refractivity contribution in [2.24, 2.45) is 5.73 Å². The van der Waals surface area contributed by atoms with Crippen LogP contribution in [0.3, 0.4) is 0 Å². The molecule has 10 nitrogen and oxygen atoms in total. The average Bonchev–Trinajstić information content (AvgIpc) is 2.73. The van der Waals surface area contributed by atoms with E-state index in [1.54, 1.807) is 38.1 Å². The van der Waals surface area contributed by atoms with Crippen LogP contribution < -0.4 is 11.1 Å². The average molecular weight is 487 g/mol. The lowest BCUT2D eigenvalue weighted by Crippen LogP contribution is -2.35. The van der Waals surface area contributed by atoms with Crippen LogP contribution in [-0.2, 0) is 28.6 Å². The molecule has 1 atom stereocenters. The molecule has 1 aliphatic rings. The highest BCUT2D eigenvalue weighted by atomic mass is 35.5. The molecule has 6 N–H and O–H groups in total. The lowest BCUT2D eigenvalue weighted by molar-refractivity contribution is -0.139. The topological polar surface area (TPSA) is 169 Å². The molecule has 11 heteroatoms. The first kappa shape index (κ1) is 30.1. The number of dihydropyridines is 1. The zero-order valence-corrected chi connectivity index (χ0v) is 19.8. The van der Waals surface area contributed by atoms with Gasteiger partial charge in [0.1, 0.15) is 0 Å². The molecule has 0 spiro atoms. The van der Waals surface area contributed by atoms with Crippen molar-refractivity contribution in [3.8, 4) is 0 Å². The zero-order valence-electron chi connectivity index (χ0n) is 19.1. The largest absolute Gasteiger partial charge is 0.481 e. The maximum atomic E-state index is 12.9. The van der Waals surface area contributed by atoms with E-state index in [2.05, 4.69) is 5.32 Å². The smallest absolute Gasteiger partial charge is 0.336 e. The van der Waals surface area contributed by atoms with Crippen LogP contribution >= 0.6 is 11.6 Å². The van der Waals surface area contributed by atoms with Crippen LogP contribution in [0.2, 0.25) is 5.02 Å². The number of rotatable bonds is 8. The lowest BCUT2D eigenvalue weighted by atomic mass is 9.80. The summed E-state index contributed by atoms with van der Waals surface area (Å²) in [5.41, 5.74) is 7.70. The first-order chi connectivity index (χ1) is 15.2. The number of hydrogen-bond donors (Lipinski definition) is 3. The zero-order chi connectivity index (χ0) is 24.3. The van der Waals surface area contributed by atoms with E-state index in [-0.39, 0.29) is 24.3 Å². The number of esters is 2. The number of halogens is 1. The van der Waals surface area contributed by atoms with Crippen LogP contribution in [0.25, 0.3) is 0 Å².